The minimum Gasteiger partial charge on any atom is -0.423 e. The monoisotopic (exact) mass is 334 g/mol. The van der Waals surface area contributed by atoms with Crippen LogP contribution in [0.4, 0.5) is 0 Å². The summed E-state index contributed by atoms with van der Waals surface area (Å²) in [6.07, 6.45) is 6.00. The van der Waals surface area contributed by atoms with Crippen molar-refractivity contribution in [2.24, 2.45) is 0 Å². The molecule has 0 unspecified atom stereocenters. The summed E-state index contributed by atoms with van der Waals surface area (Å²) in [5.74, 6) is 1.14. The molecule has 0 bridgehead atoms. The lowest BCUT2D eigenvalue weighted by Crippen LogP contribution is -2.00. The Morgan fingerprint density at radius 1 is 1.20 bits per heavy atom. The van der Waals surface area contributed by atoms with Crippen LogP contribution in [0.25, 0.3) is 11.3 Å². The first kappa shape index (κ1) is 12.9. The first-order chi connectivity index (χ1) is 9.74. The molecule has 0 amide bonds. The Morgan fingerprint density at radius 3 is 2.80 bits per heavy atom. The van der Waals surface area contributed by atoms with E-state index in [-0.39, 0.29) is 0 Å². The predicted molar refractivity (Wildman–Crippen MR) is 73.7 cm³/mol. The fraction of sp³-hybridized carbons (Fsp3) is 0.250. The van der Waals surface area contributed by atoms with Crippen LogP contribution in [-0.4, -0.2) is 30.2 Å². The zero-order chi connectivity index (χ0) is 13.9. The topological polar surface area (TPSA) is 82.5 Å². The summed E-state index contributed by atoms with van der Waals surface area (Å²) in [6, 6.07) is 1.93. The van der Waals surface area contributed by atoms with Gasteiger partial charge in [0.2, 0.25) is 11.8 Å². The summed E-state index contributed by atoms with van der Waals surface area (Å²) in [5, 5.41) is 16.0. The molecule has 7 nitrogen and oxygen atoms in total. The maximum atomic E-state index is 5.44. The average molecular weight is 335 g/mol. The average Bonchev–Trinajstić information content (AvgIpc) is 3.08. The van der Waals surface area contributed by atoms with E-state index in [0.29, 0.717) is 18.3 Å². The van der Waals surface area contributed by atoms with Crippen molar-refractivity contribution in [3.63, 3.8) is 0 Å². The van der Waals surface area contributed by atoms with Crippen molar-refractivity contribution in [3.8, 4) is 11.3 Å². The molecule has 20 heavy (non-hydrogen) atoms. The maximum absolute atomic E-state index is 5.44. The van der Waals surface area contributed by atoms with Crippen LogP contribution in [0, 0.1) is 0 Å². The molecular formula is C12H11BrN6O. The van der Waals surface area contributed by atoms with Crippen molar-refractivity contribution in [2.45, 2.75) is 19.9 Å². The zero-order valence-corrected chi connectivity index (χ0v) is 12.3. The van der Waals surface area contributed by atoms with Gasteiger partial charge in [0.25, 0.3) is 0 Å². The van der Waals surface area contributed by atoms with Gasteiger partial charge in [-0.3, -0.25) is 4.98 Å². The lowest BCUT2D eigenvalue weighted by Gasteiger charge is -1.95. The van der Waals surface area contributed by atoms with E-state index >= 15 is 0 Å². The van der Waals surface area contributed by atoms with E-state index in [2.05, 4.69) is 41.4 Å². The number of halogens is 1. The van der Waals surface area contributed by atoms with Crippen molar-refractivity contribution in [1.29, 1.82) is 0 Å². The van der Waals surface area contributed by atoms with Gasteiger partial charge < -0.3 is 4.42 Å². The smallest absolute Gasteiger partial charge is 0.237 e. The Bertz CT molecular complexity index is 722. The normalized spacial score (nSPS) is 10.9. The minimum absolute atomic E-state index is 0.404. The second kappa shape index (κ2) is 5.49. The van der Waals surface area contributed by atoms with Crippen LogP contribution in [0.3, 0.4) is 0 Å². The van der Waals surface area contributed by atoms with E-state index < -0.39 is 0 Å². The summed E-state index contributed by atoms with van der Waals surface area (Å²) in [7, 11) is 0. The van der Waals surface area contributed by atoms with Gasteiger partial charge in [0, 0.05) is 28.9 Å². The van der Waals surface area contributed by atoms with Crippen LogP contribution in [0.1, 0.15) is 18.7 Å². The molecule has 0 saturated heterocycles. The molecule has 0 fully saturated rings. The number of hydrogen-bond acceptors (Lipinski definition) is 6. The van der Waals surface area contributed by atoms with Crippen molar-refractivity contribution in [1.82, 2.24) is 30.2 Å². The van der Waals surface area contributed by atoms with Gasteiger partial charge in [-0.1, -0.05) is 12.1 Å². The summed E-state index contributed by atoms with van der Waals surface area (Å²) in [4.78, 5) is 4.10. The Morgan fingerprint density at radius 2 is 2.05 bits per heavy atom. The summed E-state index contributed by atoms with van der Waals surface area (Å²) in [6.45, 7) is 2.37. The highest BCUT2D eigenvalue weighted by molar-refractivity contribution is 9.10. The highest BCUT2D eigenvalue weighted by Crippen LogP contribution is 2.19. The lowest BCUT2D eigenvalue weighted by molar-refractivity contribution is 0.430. The molecule has 0 saturated carbocycles. The molecular weight excluding hydrogens is 324 g/mol. The number of nitrogens with zero attached hydrogens (tertiary/aromatic N) is 6. The predicted octanol–water partition coefficient (Wildman–Crippen LogP) is 2.10. The number of hydrogen-bond donors (Lipinski definition) is 0. The van der Waals surface area contributed by atoms with E-state index in [1.165, 1.54) is 0 Å². The number of rotatable bonds is 4. The Kier molecular flexibility index (Phi) is 3.55. The van der Waals surface area contributed by atoms with Crippen LogP contribution >= 0.6 is 15.9 Å². The van der Waals surface area contributed by atoms with E-state index in [0.717, 1.165) is 22.2 Å². The largest absolute Gasteiger partial charge is 0.423 e. The van der Waals surface area contributed by atoms with E-state index in [1.807, 2.05) is 19.2 Å². The van der Waals surface area contributed by atoms with Crippen molar-refractivity contribution in [3.05, 3.63) is 40.9 Å². The standard InChI is InChI=1S/C12H11BrN6O/c1-2-11-16-17-12(20-11)7-19-6-10(15-18-19)8-3-9(13)5-14-4-8/h3-6H,2,7H2,1H3. The van der Waals surface area contributed by atoms with Crippen LogP contribution in [0.2, 0.25) is 0 Å². The van der Waals surface area contributed by atoms with Crippen molar-refractivity contribution in [2.75, 3.05) is 0 Å². The minimum atomic E-state index is 0.404. The fourth-order valence-electron chi connectivity index (χ4n) is 1.69. The molecule has 0 N–H and O–H groups in total. The molecule has 0 aliphatic rings. The molecule has 0 aliphatic carbocycles. The first-order valence-electron chi connectivity index (χ1n) is 6.07. The second-order valence-electron chi connectivity index (χ2n) is 4.14. The van der Waals surface area contributed by atoms with Gasteiger partial charge in [-0.05, 0) is 22.0 Å². The third-order valence-corrected chi connectivity index (χ3v) is 3.08. The van der Waals surface area contributed by atoms with E-state index in [4.69, 9.17) is 4.42 Å². The molecule has 0 aliphatic heterocycles. The maximum Gasteiger partial charge on any atom is 0.237 e. The highest BCUT2D eigenvalue weighted by Gasteiger charge is 2.09. The van der Waals surface area contributed by atoms with Crippen molar-refractivity contribution < 1.29 is 4.42 Å². The van der Waals surface area contributed by atoms with Gasteiger partial charge in [-0.15, -0.1) is 15.3 Å². The van der Waals surface area contributed by atoms with Gasteiger partial charge in [-0.25, -0.2) is 4.68 Å². The van der Waals surface area contributed by atoms with Crippen LogP contribution in [0.5, 0.6) is 0 Å². The Labute approximate surface area is 123 Å². The molecule has 0 aromatic carbocycles. The van der Waals surface area contributed by atoms with Crippen molar-refractivity contribution >= 4 is 15.9 Å². The molecule has 3 aromatic rings. The summed E-state index contributed by atoms with van der Waals surface area (Å²) >= 11 is 3.38. The SMILES string of the molecule is CCc1nnc(Cn2cc(-c3cncc(Br)c3)nn2)o1. The number of aromatic nitrogens is 6. The quantitative estimate of drug-likeness (QED) is 0.726. The number of aryl methyl sites for hydroxylation is 1. The number of pyridine rings is 1. The lowest BCUT2D eigenvalue weighted by atomic mass is 10.2. The molecule has 0 spiro atoms. The molecule has 0 radical (unpaired) electrons. The summed E-state index contributed by atoms with van der Waals surface area (Å²) < 4.78 is 7.99. The molecule has 102 valence electrons. The first-order valence-corrected chi connectivity index (χ1v) is 6.86. The van der Waals surface area contributed by atoms with Gasteiger partial charge >= 0.3 is 0 Å². The molecule has 0 atom stereocenters. The third kappa shape index (κ3) is 2.74. The molecule has 3 rings (SSSR count). The van der Waals surface area contributed by atoms with Gasteiger partial charge in [-0.2, -0.15) is 0 Å². The Balaban J connectivity index is 1.80. The van der Waals surface area contributed by atoms with E-state index in [1.54, 1.807) is 17.1 Å². The molecule has 3 heterocycles. The molecule has 8 heteroatoms. The van der Waals surface area contributed by atoms with Gasteiger partial charge in [0.15, 0.2) is 0 Å². The second-order valence-corrected chi connectivity index (χ2v) is 5.05. The Hall–Kier alpha value is -2.09. The van der Waals surface area contributed by atoms with Gasteiger partial charge in [0.05, 0.1) is 6.20 Å². The van der Waals surface area contributed by atoms with Crippen LogP contribution < -0.4 is 0 Å². The van der Waals surface area contributed by atoms with E-state index in [9.17, 15) is 0 Å². The summed E-state index contributed by atoms with van der Waals surface area (Å²) in [5.41, 5.74) is 1.64. The van der Waals surface area contributed by atoms with Crippen LogP contribution in [0.15, 0.2) is 33.5 Å². The van der Waals surface area contributed by atoms with Crippen LogP contribution in [-0.2, 0) is 13.0 Å². The fourth-order valence-corrected chi connectivity index (χ4v) is 2.06. The molecule has 3 aromatic heterocycles. The third-order valence-electron chi connectivity index (χ3n) is 2.65. The zero-order valence-electron chi connectivity index (χ0n) is 10.7. The van der Waals surface area contributed by atoms with Gasteiger partial charge in [0.1, 0.15) is 12.2 Å². The highest BCUT2D eigenvalue weighted by atomic mass is 79.9.